The average Bonchev–Trinajstić information content (AvgIpc) is 2.31. The Labute approximate surface area is 118 Å². The molecule has 0 saturated carbocycles. The first kappa shape index (κ1) is 14.2. The van der Waals surface area contributed by atoms with Gasteiger partial charge in [0.05, 0.1) is 15.6 Å². The van der Waals surface area contributed by atoms with Gasteiger partial charge in [-0.2, -0.15) is 13.2 Å². The second-order valence-electron chi connectivity index (χ2n) is 4.21. The van der Waals surface area contributed by atoms with Gasteiger partial charge in [-0.05, 0) is 47.9 Å². The maximum atomic E-state index is 12.8. The van der Waals surface area contributed by atoms with Gasteiger partial charge in [0.15, 0.2) is 0 Å². The van der Waals surface area contributed by atoms with Crippen molar-refractivity contribution in [3.05, 3.63) is 57.6 Å². The van der Waals surface area contributed by atoms with E-state index in [-0.39, 0.29) is 0 Å². The van der Waals surface area contributed by atoms with Crippen LogP contribution in [0.2, 0.25) is 10.0 Å². The zero-order chi connectivity index (χ0) is 14.2. The zero-order valence-electron chi connectivity index (χ0n) is 9.85. The molecule has 0 aliphatic heterocycles. The van der Waals surface area contributed by atoms with Crippen LogP contribution in [0.25, 0.3) is 11.1 Å². The minimum atomic E-state index is -4.36. The Balaban J connectivity index is 2.56. The van der Waals surface area contributed by atoms with Crippen LogP contribution in [-0.2, 0) is 6.18 Å². The van der Waals surface area contributed by atoms with E-state index in [4.69, 9.17) is 23.2 Å². The minimum absolute atomic E-state index is 0.314. The molecule has 0 saturated heterocycles. The standard InChI is InChI=1S/C14H9Cl2F3/c1-8-4-10(6-11(5-8)14(17,18)19)9-2-3-12(15)13(16)7-9/h2-7H,1H3. The number of hydrogen-bond acceptors (Lipinski definition) is 0. The average molecular weight is 305 g/mol. The Morgan fingerprint density at radius 1 is 0.842 bits per heavy atom. The van der Waals surface area contributed by atoms with Gasteiger partial charge in [0.1, 0.15) is 0 Å². The lowest BCUT2D eigenvalue weighted by Gasteiger charge is -2.11. The first-order chi connectivity index (χ1) is 8.77. The molecular formula is C14H9Cl2F3. The van der Waals surface area contributed by atoms with Crippen molar-refractivity contribution in [1.82, 2.24) is 0 Å². The summed E-state index contributed by atoms with van der Waals surface area (Å²) in [6.45, 7) is 1.62. The largest absolute Gasteiger partial charge is 0.416 e. The lowest BCUT2D eigenvalue weighted by molar-refractivity contribution is -0.137. The minimum Gasteiger partial charge on any atom is -0.166 e. The highest BCUT2D eigenvalue weighted by Crippen LogP contribution is 2.34. The van der Waals surface area contributed by atoms with Crippen LogP contribution in [0.4, 0.5) is 13.2 Å². The summed E-state index contributed by atoms with van der Waals surface area (Å²) in [4.78, 5) is 0. The number of rotatable bonds is 1. The van der Waals surface area contributed by atoms with E-state index in [2.05, 4.69) is 0 Å². The fraction of sp³-hybridized carbons (Fsp3) is 0.143. The summed E-state index contributed by atoms with van der Waals surface area (Å²) in [5.74, 6) is 0. The Bertz CT molecular complexity index is 619. The Morgan fingerprint density at radius 2 is 1.53 bits per heavy atom. The molecule has 0 nitrogen and oxygen atoms in total. The van der Waals surface area contributed by atoms with Gasteiger partial charge in [-0.15, -0.1) is 0 Å². The van der Waals surface area contributed by atoms with Crippen LogP contribution in [0.15, 0.2) is 36.4 Å². The highest BCUT2D eigenvalue weighted by atomic mass is 35.5. The number of alkyl halides is 3. The van der Waals surface area contributed by atoms with E-state index in [9.17, 15) is 13.2 Å². The molecule has 0 aliphatic carbocycles. The van der Waals surface area contributed by atoms with Crippen molar-refractivity contribution in [3.63, 3.8) is 0 Å². The summed E-state index contributed by atoms with van der Waals surface area (Å²) < 4.78 is 38.3. The molecule has 0 aromatic heterocycles. The van der Waals surface area contributed by atoms with Crippen LogP contribution >= 0.6 is 23.2 Å². The molecule has 0 amide bonds. The normalized spacial score (nSPS) is 11.7. The Hall–Kier alpha value is -1.19. The van der Waals surface area contributed by atoms with Gasteiger partial charge >= 0.3 is 6.18 Å². The second-order valence-corrected chi connectivity index (χ2v) is 5.03. The third-order valence-electron chi connectivity index (χ3n) is 2.66. The molecule has 0 fully saturated rings. The van der Waals surface area contributed by atoms with Gasteiger partial charge in [0.25, 0.3) is 0 Å². The van der Waals surface area contributed by atoms with Gasteiger partial charge in [0.2, 0.25) is 0 Å². The first-order valence-corrected chi connectivity index (χ1v) is 6.17. The van der Waals surface area contributed by atoms with Gasteiger partial charge in [-0.25, -0.2) is 0 Å². The first-order valence-electron chi connectivity index (χ1n) is 5.41. The quantitative estimate of drug-likeness (QED) is 0.607. The number of halogens is 5. The highest BCUT2D eigenvalue weighted by Gasteiger charge is 2.30. The molecule has 0 bridgehead atoms. The smallest absolute Gasteiger partial charge is 0.166 e. The molecule has 19 heavy (non-hydrogen) atoms. The summed E-state index contributed by atoms with van der Waals surface area (Å²) >= 11 is 11.7. The molecule has 0 radical (unpaired) electrons. The van der Waals surface area contributed by atoms with Crippen molar-refractivity contribution in [1.29, 1.82) is 0 Å². The van der Waals surface area contributed by atoms with E-state index in [1.54, 1.807) is 31.2 Å². The van der Waals surface area contributed by atoms with Crippen molar-refractivity contribution in [2.75, 3.05) is 0 Å². The summed E-state index contributed by atoms with van der Waals surface area (Å²) in [6, 6.07) is 8.65. The fourth-order valence-corrected chi connectivity index (χ4v) is 2.09. The molecule has 2 aromatic rings. The van der Waals surface area contributed by atoms with Gasteiger partial charge in [0, 0.05) is 0 Å². The zero-order valence-corrected chi connectivity index (χ0v) is 11.4. The van der Waals surface area contributed by atoms with Gasteiger partial charge < -0.3 is 0 Å². The molecule has 0 heterocycles. The van der Waals surface area contributed by atoms with Gasteiger partial charge in [-0.3, -0.25) is 0 Å². The summed E-state index contributed by atoms with van der Waals surface area (Å²) in [5.41, 5.74) is 0.930. The fourth-order valence-electron chi connectivity index (χ4n) is 1.79. The van der Waals surface area contributed by atoms with Crippen molar-refractivity contribution >= 4 is 23.2 Å². The monoisotopic (exact) mass is 304 g/mol. The van der Waals surface area contributed by atoms with Crippen LogP contribution in [0.1, 0.15) is 11.1 Å². The second kappa shape index (κ2) is 5.06. The molecule has 0 unspecified atom stereocenters. The maximum Gasteiger partial charge on any atom is 0.416 e. The van der Waals surface area contributed by atoms with Crippen LogP contribution in [-0.4, -0.2) is 0 Å². The molecule has 100 valence electrons. The highest BCUT2D eigenvalue weighted by molar-refractivity contribution is 6.42. The predicted molar refractivity (Wildman–Crippen MR) is 71.6 cm³/mol. The van der Waals surface area contributed by atoms with Crippen LogP contribution in [0.5, 0.6) is 0 Å². The van der Waals surface area contributed by atoms with Crippen molar-refractivity contribution in [2.45, 2.75) is 13.1 Å². The third-order valence-corrected chi connectivity index (χ3v) is 3.40. The van der Waals surface area contributed by atoms with Crippen molar-refractivity contribution < 1.29 is 13.2 Å². The molecule has 2 aromatic carbocycles. The van der Waals surface area contributed by atoms with Crippen LogP contribution in [0, 0.1) is 6.92 Å². The van der Waals surface area contributed by atoms with E-state index >= 15 is 0 Å². The van der Waals surface area contributed by atoms with Gasteiger partial charge in [-0.1, -0.05) is 35.3 Å². The molecule has 0 aliphatic rings. The predicted octanol–water partition coefficient (Wildman–Crippen LogP) is 5.99. The number of aryl methyl sites for hydroxylation is 1. The molecule has 0 atom stereocenters. The number of hydrogen-bond donors (Lipinski definition) is 0. The van der Waals surface area contributed by atoms with Crippen LogP contribution < -0.4 is 0 Å². The summed E-state index contributed by atoms with van der Waals surface area (Å²) in [5, 5.41) is 0.684. The Morgan fingerprint density at radius 3 is 2.11 bits per heavy atom. The Kier molecular flexibility index (Phi) is 3.79. The molecule has 0 N–H and O–H groups in total. The van der Waals surface area contributed by atoms with Crippen molar-refractivity contribution in [3.8, 4) is 11.1 Å². The summed E-state index contributed by atoms with van der Waals surface area (Å²) in [7, 11) is 0. The molecule has 2 rings (SSSR count). The lowest BCUT2D eigenvalue weighted by Crippen LogP contribution is -2.05. The summed E-state index contributed by atoms with van der Waals surface area (Å²) in [6.07, 6.45) is -4.36. The van der Waals surface area contributed by atoms with E-state index in [0.717, 1.165) is 12.1 Å². The van der Waals surface area contributed by atoms with E-state index < -0.39 is 11.7 Å². The molecular weight excluding hydrogens is 296 g/mol. The molecule has 0 spiro atoms. The van der Waals surface area contributed by atoms with E-state index in [1.165, 1.54) is 0 Å². The van der Waals surface area contributed by atoms with E-state index in [0.29, 0.717) is 26.7 Å². The van der Waals surface area contributed by atoms with Crippen molar-refractivity contribution in [2.24, 2.45) is 0 Å². The SMILES string of the molecule is Cc1cc(-c2ccc(Cl)c(Cl)c2)cc(C(F)(F)F)c1. The number of benzene rings is 2. The lowest BCUT2D eigenvalue weighted by atomic mass is 10.00. The van der Waals surface area contributed by atoms with E-state index in [1.807, 2.05) is 0 Å². The maximum absolute atomic E-state index is 12.8. The molecule has 5 heteroatoms. The van der Waals surface area contributed by atoms with Crippen LogP contribution in [0.3, 0.4) is 0 Å². The third kappa shape index (κ3) is 3.23. The topological polar surface area (TPSA) is 0 Å².